The molecule has 1 atom stereocenters. The quantitative estimate of drug-likeness (QED) is 0.846. The first-order valence-corrected chi connectivity index (χ1v) is 10.5. The first-order valence-electron chi connectivity index (χ1n) is 9.58. The molecule has 1 N–H and O–H groups in total. The van der Waals surface area contributed by atoms with Crippen LogP contribution in [-0.2, 0) is 11.2 Å². The first-order chi connectivity index (χ1) is 13.5. The normalized spacial score (nSPS) is 21.7. The topological polar surface area (TPSA) is 86.6 Å². The maximum absolute atomic E-state index is 12.8. The molecule has 1 unspecified atom stereocenters. The second kappa shape index (κ2) is 7.97. The molecule has 0 aliphatic carbocycles. The molecule has 1 spiro atoms. The van der Waals surface area contributed by atoms with E-state index < -0.39 is 6.10 Å². The molecule has 2 aromatic heterocycles. The molecule has 2 amide bonds. The highest BCUT2D eigenvalue weighted by Crippen LogP contribution is 2.40. The molecule has 4 heterocycles. The van der Waals surface area contributed by atoms with E-state index in [0.717, 1.165) is 17.7 Å². The number of hydrogen-bond donors (Lipinski definition) is 1. The smallest absolute Gasteiger partial charge is 0.274 e. The fourth-order valence-corrected chi connectivity index (χ4v) is 5.04. The van der Waals surface area contributed by atoms with Crippen LogP contribution in [0.3, 0.4) is 0 Å². The molecule has 148 valence electrons. The molecule has 2 aliphatic heterocycles. The number of likely N-dealkylation sites (tertiary alicyclic amines) is 2. The summed E-state index contributed by atoms with van der Waals surface area (Å²) in [5.41, 5.74) is 0.158. The predicted octanol–water partition coefficient (Wildman–Crippen LogP) is 1.60. The van der Waals surface area contributed by atoms with E-state index in [1.54, 1.807) is 16.2 Å². The van der Waals surface area contributed by atoms with Crippen molar-refractivity contribution in [1.29, 1.82) is 0 Å². The van der Waals surface area contributed by atoms with Crippen LogP contribution in [0.25, 0.3) is 0 Å². The van der Waals surface area contributed by atoms with Crippen LogP contribution >= 0.6 is 11.3 Å². The molecule has 2 fully saturated rings. The number of thiophene rings is 1. The van der Waals surface area contributed by atoms with Gasteiger partial charge in [0.2, 0.25) is 5.91 Å². The molecule has 0 saturated carbocycles. The number of aliphatic hydroxyl groups is 1. The van der Waals surface area contributed by atoms with Gasteiger partial charge in [0.1, 0.15) is 5.69 Å². The second-order valence-electron chi connectivity index (χ2n) is 7.77. The van der Waals surface area contributed by atoms with Gasteiger partial charge in [0.15, 0.2) is 0 Å². The molecule has 7 nitrogen and oxygen atoms in total. The van der Waals surface area contributed by atoms with Crippen LogP contribution in [0.4, 0.5) is 0 Å². The maximum atomic E-state index is 12.8. The second-order valence-corrected chi connectivity index (χ2v) is 8.80. The molecule has 0 radical (unpaired) electrons. The van der Waals surface area contributed by atoms with Crippen LogP contribution in [0.2, 0.25) is 0 Å². The zero-order valence-corrected chi connectivity index (χ0v) is 16.5. The number of carbonyl (C=O) groups excluding carboxylic acids is 2. The Morgan fingerprint density at radius 3 is 2.75 bits per heavy atom. The molecule has 28 heavy (non-hydrogen) atoms. The summed E-state index contributed by atoms with van der Waals surface area (Å²) in [5.74, 6) is -0.0384. The Labute approximate surface area is 168 Å². The van der Waals surface area contributed by atoms with E-state index in [-0.39, 0.29) is 17.2 Å². The zero-order valence-electron chi connectivity index (χ0n) is 15.7. The molecule has 2 aromatic rings. The zero-order chi connectivity index (χ0) is 19.6. The monoisotopic (exact) mass is 400 g/mol. The number of amides is 2. The Kier molecular flexibility index (Phi) is 5.41. The van der Waals surface area contributed by atoms with Crippen molar-refractivity contribution in [1.82, 2.24) is 19.8 Å². The SMILES string of the molecule is O=C(Cc1cccs1)N1CCC2(CC1)CC(O)CN(C(=O)c1cnccn1)C2. The average molecular weight is 401 g/mol. The summed E-state index contributed by atoms with van der Waals surface area (Å²) >= 11 is 1.60. The van der Waals surface area contributed by atoms with E-state index in [0.29, 0.717) is 44.7 Å². The van der Waals surface area contributed by atoms with Crippen molar-refractivity contribution in [2.75, 3.05) is 26.2 Å². The largest absolute Gasteiger partial charge is 0.391 e. The third-order valence-corrected chi connectivity index (χ3v) is 6.65. The number of piperidine rings is 2. The fourth-order valence-electron chi connectivity index (χ4n) is 4.35. The molecule has 4 rings (SSSR count). The van der Waals surface area contributed by atoms with Crippen LogP contribution in [0.5, 0.6) is 0 Å². The van der Waals surface area contributed by atoms with E-state index in [9.17, 15) is 14.7 Å². The highest BCUT2D eigenvalue weighted by Gasteiger charge is 2.43. The molecule has 0 aromatic carbocycles. The summed E-state index contributed by atoms with van der Waals surface area (Å²) in [4.78, 5) is 38.1. The van der Waals surface area contributed by atoms with Crippen LogP contribution in [-0.4, -0.2) is 69.0 Å². The Hall–Kier alpha value is -2.32. The fraction of sp³-hybridized carbons (Fsp3) is 0.500. The molecule has 2 aliphatic rings. The molecular formula is C20H24N4O3S. The third kappa shape index (κ3) is 4.07. The van der Waals surface area contributed by atoms with Gasteiger partial charge in [-0.05, 0) is 36.1 Å². The van der Waals surface area contributed by atoms with Gasteiger partial charge in [0.25, 0.3) is 5.91 Å². The summed E-state index contributed by atoms with van der Waals surface area (Å²) in [7, 11) is 0. The van der Waals surface area contributed by atoms with Gasteiger partial charge in [-0.1, -0.05) is 6.07 Å². The maximum Gasteiger partial charge on any atom is 0.274 e. The molecule has 8 heteroatoms. The third-order valence-electron chi connectivity index (χ3n) is 5.78. The van der Waals surface area contributed by atoms with E-state index in [2.05, 4.69) is 9.97 Å². The van der Waals surface area contributed by atoms with Crippen molar-refractivity contribution >= 4 is 23.2 Å². The minimum atomic E-state index is -0.553. The number of nitrogens with zero attached hydrogens (tertiary/aromatic N) is 4. The van der Waals surface area contributed by atoms with Gasteiger partial charge < -0.3 is 14.9 Å². The van der Waals surface area contributed by atoms with Gasteiger partial charge in [-0.2, -0.15) is 0 Å². The van der Waals surface area contributed by atoms with Crippen molar-refractivity contribution in [3.8, 4) is 0 Å². The van der Waals surface area contributed by atoms with E-state index in [1.165, 1.54) is 18.6 Å². The van der Waals surface area contributed by atoms with Crippen molar-refractivity contribution < 1.29 is 14.7 Å². The van der Waals surface area contributed by atoms with Crippen molar-refractivity contribution in [2.24, 2.45) is 5.41 Å². The highest BCUT2D eigenvalue weighted by molar-refractivity contribution is 7.10. The Bertz CT molecular complexity index is 819. The van der Waals surface area contributed by atoms with Crippen molar-refractivity contribution in [3.63, 3.8) is 0 Å². The van der Waals surface area contributed by atoms with E-state index >= 15 is 0 Å². The Morgan fingerprint density at radius 2 is 2.07 bits per heavy atom. The summed E-state index contributed by atoms with van der Waals surface area (Å²) < 4.78 is 0. The lowest BCUT2D eigenvalue weighted by atomic mass is 9.71. The minimum absolute atomic E-state index is 0.144. The van der Waals surface area contributed by atoms with Gasteiger partial charge in [-0.15, -0.1) is 11.3 Å². The lowest BCUT2D eigenvalue weighted by Crippen LogP contribution is -2.56. The summed E-state index contributed by atoms with van der Waals surface area (Å²) in [6, 6.07) is 3.95. The standard InChI is InChI=1S/C20H24N4O3S/c25-15-11-20(14-24(13-15)19(27)17-12-21-5-6-22-17)3-7-23(8-4-20)18(26)10-16-2-1-9-28-16/h1-2,5-6,9,12,15,25H,3-4,7-8,10-11,13-14H2. The number of β-amino-alcohol motifs (C(OH)–C–C–N with tert-alkyl or cyclic N) is 1. The average Bonchev–Trinajstić information content (AvgIpc) is 3.21. The number of aliphatic hydroxyl groups excluding tert-OH is 1. The van der Waals surface area contributed by atoms with Crippen LogP contribution in [0.1, 0.15) is 34.6 Å². The number of hydrogen-bond acceptors (Lipinski definition) is 6. The van der Waals surface area contributed by atoms with Crippen molar-refractivity contribution in [3.05, 3.63) is 46.7 Å². The van der Waals surface area contributed by atoms with Crippen molar-refractivity contribution in [2.45, 2.75) is 31.8 Å². The number of rotatable bonds is 3. The summed E-state index contributed by atoms with van der Waals surface area (Å²) in [6.07, 6.45) is 6.65. The molecule has 2 saturated heterocycles. The lowest BCUT2D eigenvalue weighted by molar-refractivity contribution is -0.134. The van der Waals surface area contributed by atoms with Crippen LogP contribution < -0.4 is 0 Å². The molecular weight excluding hydrogens is 376 g/mol. The summed E-state index contributed by atoms with van der Waals surface area (Å²) in [6.45, 7) is 2.25. The lowest BCUT2D eigenvalue weighted by Gasteiger charge is -2.49. The Morgan fingerprint density at radius 1 is 1.25 bits per heavy atom. The van der Waals surface area contributed by atoms with Crippen LogP contribution in [0.15, 0.2) is 36.1 Å². The van der Waals surface area contributed by atoms with Crippen LogP contribution in [0, 0.1) is 5.41 Å². The molecule has 0 bridgehead atoms. The number of aromatic nitrogens is 2. The highest BCUT2D eigenvalue weighted by atomic mass is 32.1. The van der Waals surface area contributed by atoms with Gasteiger partial charge in [0.05, 0.1) is 18.7 Å². The first kappa shape index (κ1) is 19.0. The van der Waals surface area contributed by atoms with Gasteiger partial charge in [-0.25, -0.2) is 4.98 Å². The minimum Gasteiger partial charge on any atom is -0.391 e. The number of carbonyl (C=O) groups is 2. The summed E-state index contributed by atoms with van der Waals surface area (Å²) in [5, 5.41) is 12.4. The predicted molar refractivity (Wildman–Crippen MR) is 105 cm³/mol. The Balaban J connectivity index is 1.39. The van der Waals surface area contributed by atoms with Gasteiger partial charge in [0, 0.05) is 43.4 Å². The van der Waals surface area contributed by atoms with Gasteiger partial charge in [-0.3, -0.25) is 14.6 Å². The van der Waals surface area contributed by atoms with E-state index in [1.807, 2.05) is 22.4 Å². The van der Waals surface area contributed by atoms with E-state index in [4.69, 9.17) is 0 Å². The van der Waals surface area contributed by atoms with Gasteiger partial charge >= 0.3 is 0 Å².